The van der Waals surface area contributed by atoms with Crippen molar-refractivity contribution in [2.45, 2.75) is 31.8 Å². The Balaban J connectivity index is 1.43. The monoisotopic (exact) mass is 354 g/mol. The Morgan fingerprint density at radius 1 is 1.08 bits per heavy atom. The lowest BCUT2D eigenvalue weighted by atomic mass is 9.85. The zero-order chi connectivity index (χ0) is 18.1. The first-order valence-corrected chi connectivity index (χ1v) is 9.18. The molecule has 6 nitrogen and oxygen atoms in total. The number of hydrogen-bond acceptors (Lipinski definition) is 4. The summed E-state index contributed by atoms with van der Waals surface area (Å²) in [6.45, 7) is 1.25. The van der Waals surface area contributed by atoms with Crippen LogP contribution in [0.1, 0.15) is 36.0 Å². The summed E-state index contributed by atoms with van der Waals surface area (Å²) in [5.74, 6) is -0.951. The molecule has 2 saturated heterocycles. The molecule has 4 rings (SSSR count). The third-order valence-electron chi connectivity index (χ3n) is 5.41. The van der Waals surface area contributed by atoms with Crippen molar-refractivity contribution in [3.05, 3.63) is 42.0 Å². The van der Waals surface area contributed by atoms with Crippen LogP contribution in [0.2, 0.25) is 0 Å². The van der Waals surface area contributed by atoms with Crippen molar-refractivity contribution in [3.8, 4) is 0 Å². The zero-order valence-corrected chi connectivity index (χ0v) is 14.5. The number of benzene rings is 1. The van der Waals surface area contributed by atoms with Gasteiger partial charge in [0.1, 0.15) is 0 Å². The van der Waals surface area contributed by atoms with E-state index in [-0.39, 0.29) is 35.7 Å². The summed E-state index contributed by atoms with van der Waals surface area (Å²) < 4.78 is 5.49. The predicted molar refractivity (Wildman–Crippen MR) is 95.6 cm³/mol. The lowest BCUT2D eigenvalue weighted by Gasteiger charge is -2.15. The minimum Gasteiger partial charge on any atom is -0.376 e. The molecular formula is C20H22N2O4. The molecule has 3 atom stereocenters. The van der Waals surface area contributed by atoms with Gasteiger partial charge in [-0.15, -0.1) is 0 Å². The highest BCUT2D eigenvalue weighted by Crippen LogP contribution is 2.37. The average Bonchev–Trinajstić information content (AvgIpc) is 3.28. The second-order valence-corrected chi connectivity index (χ2v) is 7.06. The average molecular weight is 354 g/mol. The maximum atomic E-state index is 12.6. The molecule has 0 bridgehead atoms. The molecule has 0 aromatic heterocycles. The molecule has 2 heterocycles. The van der Waals surface area contributed by atoms with Gasteiger partial charge in [-0.05, 0) is 49.9 Å². The Bertz CT molecular complexity index is 724. The van der Waals surface area contributed by atoms with Crippen LogP contribution in [0.3, 0.4) is 0 Å². The topological polar surface area (TPSA) is 75.7 Å². The van der Waals surface area contributed by atoms with E-state index in [0.29, 0.717) is 30.6 Å². The first-order chi connectivity index (χ1) is 12.6. The van der Waals surface area contributed by atoms with Crippen LogP contribution in [0, 0.1) is 11.8 Å². The van der Waals surface area contributed by atoms with E-state index in [4.69, 9.17) is 4.74 Å². The van der Waals surface area contributed by atoms with E-state index in [9.17, 15) is 14.4 Å². The largest absolute Gasteiger partial charge is 0.376 e. The van der Waals surface area contributed by atoms with Gasteiger partial charge in [0.2, 0.25) is 11.8 Å². The van der Waals surface area contributed by atoms with Gasteiger partial charge in [0.05, 0.1) is 23.6 Å². The number of carbonyl (C=O) groups is 3. The number of nitrogens with one attached hydrogen (secondary N) is 1. The highest BCUT2D eigenvalue weighted by Gasteiger charge is 2.47. The van der Waals surface area contributed by atoms with E-state index in [1.165, 1.54) is 4.90 Å². The molecule has 1 aliphatic carbocycles. The van der Waals surface area contributed by atoms with Crippen LogP contribution >= 0.6 is 0 Å². The molecular weight excluding hydrogens is 332 g/mol. The van der Waals surface area contributed by atoms with Gasteiger partial charge >= 0.3 is 0 Å². The van der Waals surface area contributed by atoms with Gasteiger partial charge in [-0.1, -0.05) is 12.2 Å². The molecule has 0 saturated carbocycles. The highest BCUT2D eigenvalue weighted by molar-refractivity contribution is 6.22. The van der Waals surface area contributed by atoms with Crippen molar-refractivity contribution in [3.63, 3.8) is 0 Å². The lowest BCUT2D eigenvalue weighted by Crippen LogP contribution is -2.32. The molecule has 6 heteroatoms. The maximum absolute atomic E-state index is 12.6. The van der Waals surface area contributed by atoms with Gasteiger partial charge in [-0.2, -0.15) is 0 Å². The molecule has 2 fully saturated rings. The van der Waals surface area contributed by atoms with Crippen molar-refractivity contribution in [2.75, 3.05) is 18.1 Å². The number of hydrogen-bond donors (Lipinski definition) is 1. The fourth-order valence-electron chi connectivity index (χ4n) is 3.93. The van der Waals surface area contributed by atoms with E-state index in [2.05, 4.69) is 5.32 Å². The summed E-state index contributed by atoms with van der Waals surface area (Å²) in [7, 11) is 0. The molecule has 3 amide bonds. The van der Waals surface area contributed by atoms with Gasteiger partial charge in [-0.3, -0.25) is 19.3 Å². The summed E-state index contributed by atoms with van der Waals surface area (Å²) in [5.41, 5.74) is 1.04. The Hall–Kier alpha value is -2.47. The van der Waals surface area contributed by atoms with Crippen molar-refractivity contribution < 1.29 is 19.1 Å². The third kappa shape index (κ3) is 3.05. The van der Waals surface area contributed by atoms with Gasteiger partial charge in [-0.25, -0.2) is 0 Å². The smallest absolute Gasteiger partial charge is 0.251 e. The second-order valence-electron chi connectivity index (χ2n) is 7.06. The van der Waals surface area contributed by atoms with Crippen LogP contribution in [0.15, 0.2) is 36.4 Å². The molecule has 2 aliphatic heterocycles. The van der Waals surface area contributed by atoms with Crippen molar-refractivity contribution >= 4 is 23.4 Å². The van der Waals surface area contributed by atoms with E-state index in [1.807, 2.05) is 12.2 Å². The summed E-state index contributed by atoms with van der Waals surface area (Å²) in [6, 6.07) is 6.64. The number of rotatable bonds is 4. The zero-order valence-electron chi connectivity index (χ0n) is 14.5. The highest BCUT2D eigenvalue weighted by atomic mass is 16.5. The number of allylic oxidation sites excluding steroid dienone is 2. The van der Waals surface area contributed by atoms with Gasteiger partial charge in [0.15, 0.2) is 0 Å². The molecule has 0 unspecified atom stereocenters. The quantitative estimate of drug-likeness (QED) is 0.663. The lowest BCUT2D eigenvalue weighted by molar-refractivity contribution is -0.122. The number of nitrogens with zero attached hydrogens (tertiary/aromatic N) is 1. The summed E-state index contributed by atoms with van der Waals surface area (Å²) >= 11 is 0. The molecule has 1 aromatic rings. The molecule has 0 spiro atoms. The first-order valence-electron chi connectivity index (χ1n) is 9.18. The SMILES string of the molecule is O=C(NC[C@@H]1CCCO1)c1ccc(N2C(=O)[C@@H]3CC=CC[C@H]3C2=O)cc1. The van der Waals surface area contributed by atoms with E-state index in [0.717, 1.165) is 19.4 Å². The second kappa shape index (κ2) is 7.03. The Kier molecular flexibility index (Phi) is 4.59. The van der Waals surface area contributed by atoms with Crippen LogP contribution in [-0.2, 0) is 14.3 Å². The van der Waals surface area contributed by atoms with Crippen LogP contribution in [0.25, 0.3) is 0 Å². The number of ether oxygens (including phenoxy) is 1. The minimum atomic E-state index is -0.248. The van der Waals surface area contributed by atoms with Gasteiger partial charge in [0, 0.05) is 18.7 Å². The predicted octanol–water partition coefficient (Wildman–Crippen LogP) is 2.05. The summed E-state index contributed by atoms with van der Waals surface area (Å²) in [5, 5.41) is 2.87. The molecule has 1 aromatic carbocycles. The normalized spacial score (nSPS) is 27.7. The fraction of sp³-hybridized carbons (Fsp3) is 0.450. The standard InChI is InChI=1S/C20H22N2O4/c23-18(21-12-15-4-3-11-26-15)13-7-9-14(10-8-13)22-19(24)16-5-1-2-6-17(16)20(22)25/h1-2,7-10,15-17H,3-6,11-12H2,(H,21,23)/t15-,16+,17+/m0/s1. The van der Waals surface area contributed by atoms with Crippen LogP contribution in [-0.4, -0.2) is 37.0 Å². The number of amides is 3. The van der Waals surface area contributed by atoms with Crippen molar-refractivity contribution in [2.24, 2.45) is 11.8 Å². The Morgan fingerprint density at radius 2 is 1.73 bits per heavy atom. The Morgan fingerprint density at radius 3 is 2.31 bits per heavy atom. The third-order valence-corrected chi connectivity index (χ3v) is 5.41. The number of imide groups is 1. The number of anilines is 1. The van der Waals surface area contributed by atoms with Crippen LogP contribution < -0.4 is 10.2 Å². The van der Waals surface area contributed by atoms with Crippen molar-refractivity contribution in [1.82, 2.24) is 5.32 Å². The molecule has 3 aliphatic rings. The minimum absolute atomic E-state index is 0.0926. The van der Waals surface area contributed by atoms with E-state index >= 15 is 0 Å². The van der Waals surface area contributed by atoms with E-state index in [1.54, 1.807) is 24.3 Å². The molecule has 1 N–H and O–H groups in total. The molecule has 136 valence electrons. The Labute approximate surface area is 152 Å². The first kappa shape index (κ1) is 17.0. The van der Waals surface area contributed by atoms with Crippen LogP contribution in [0.4, 0.5) is 5.69 Å². The number of fused-ring (bicyclic) bond motifs is 1. The van der Waals surface area contributed by atoms with Gasteiger partial charge in [0.25, 0.3) is 5.91 Å². The van der Waals surface area contributed by atoms with E-state index < -0.39 is 0 Å². The van der Waals surface area contributed by atoms with Gasteiger partial charge < -0.3 is 10.1 Å². The molecule has 0 radical (unpaired) electrons. The number of carbonyl (C=O) groups excluding carboxylic acids is 3. The summed E-state index contributed by atoms with van der Waals surface area (Å²) in [4.78, 5) is 38.7. The summed E-state index contributed by atoms with van der Waals surface area (Å²) in [6.07, 6.45) is 7.27. The van der Waals surface area contributed by atoms with Crippen molar-refractivity contribution in [1.29, 1.82) is 0 Å². The fourth-order valence-corrected chi connectivity index (χ4v) is 3.93. The maximum Gasteiger partial charge on any atom is 0.251 e. The van der Waals surface area contributed by atoms with Crippen LogP contribution in [0.5, 0.6) is 0 Å². The molecule has 26 heavy (non-hydrogen) atoms.